The smallest absolute Gasteiger partial charge is 0.357 e. The van der Waals surface area contributed by atoms with Gasteiger partial charge in [-0.1, -0.05) is 23.7 Å². The lowest BCUT2D eigenvalue weighted by atomic mass is 10.2. The first kappa shape index (κ1) is 26.4. The van der Waals surface area contributed by atoms with Crippen LogP contribution in [0.1, 0.15) is 28.0 Å². The van der Waals surface area contributed by atoms with Crippen LogP contribution in [0, 0.1) is 0 Å². The molecule has 0 unspecified atom stereocenters. The minimum atomic E-state index is -4.43. The molecule has 0 aliphatic heterocycles. The third-order valence-electron chi connectivity index (χ3n) is 3.60. The first-order chi connectivity index (χ1) is 13.8. The second-order valence-corrected chi connectivity index (χ2v) is 7.15. The van der Waals surface area contributed by atoms with E-state index in [4.69, 9.17) is 11.6 Å². The minimum Gasteiger partial charge on any atom is -0.357 e. The zero-order chi connectivity index (χ0) is 21.3. The van der Waals surface area contributed by atoms with Gasteiger partial charge < -0.3 is 16.0 Å². The van der Waals surface area contributed by atoms with Crippen molar-refractivity contribution < 1.29 is 18.0 Å². The first-order valence-corrected chi connectivity index (χ1v) is 10.1. The summed E-state index contributed by atoms with van der Waals surface area (Å²) >= 11 is 6.95. The van der Waals surface area contributed by atoms with Crippen LogP contribution in [0.3, 0.4) is 0 Å². The van der Waals surface area contributed by atoms with Crippen LogP contribution in [0.15, 0.2) is 34.6 Å². The molecule has 2 rings (SSSR count). The van der Waals surface area contributed by atoms with Gasteiger partial charge in [0.25, 0.3) is 5.91 Å². The van der Waals surface area contributed by atoms with Crippen molar-refractivity contribution in [2.75, 3.05) is 26.2 Å². The highest BCUT2D eigenvalue weighted by molar-refractivity contribution is 14.0. The number of aliphatic imine (C=N–C) groups is 1. The highest BCUT2D eigenvalue weighted by Gasteiger charge is 2.33. The van der Waals surface area contributed by atoms with E-state index in [2.05, 4.69) is 25.9 Å². The van der Waals surface area contributed by atoms with Gasteiger partial charge in [-0.05, 0) is 19.1 Å². The SMILES string of the molecule is CCNC(=NCCc1nc(C(F)(F)F)cs1)NCCNC(=O)c1ccccc1Cl.I. The molecular formula is C18H22ClF3IN5OS. The highest BCUT2D eigenvalue weighted by Crippen LogP contribution is 2.30. The summed E-state index contributed by atoms with van der Waals surface area (Å²) in [5.41, 5.74) is -0.475. The van der Waals surface area contributed by atoms with Crippen molar-refractivity contribution in [3.63, 3.8) is 0 Å². The van der Waals surface area contributed by atoms with E-state index in [1.165, 1.54) is 0 Å². The molecule has 166 valence electrons. The number of rotatable bonds is 8. The van der Waals surface area contributed by atoms with Gasteiger partial charge in [0.15, 0.2) is 11.7 Å². The van der Waals surface area contributed by atoms with Gasteiger partial charge in [0.2, 0.25) is 0 Å². The molecule has 6 nitrogen and oxygen atoms in total. The van der Waals surface area contributed by atoms with Crippen LogP contribution in [-0.2, 0) is 12.6 Å². The Bertz CT molecular complexity index is 847. The molecule has 1 amide bonds. The zero-order valence-electron chi connectivity index (χ0n) is 16.1. The molecule has 0 saturated carbocycles. The number of hydrogen-bond acceptors (Lipinski definition) is 4. The normalized spacial score (nSPS) is 11.6. The number of benzene rings is 1. The summed E-state index contributed by atoms with van der Waals surface area (Å²) < 4.78 is 37.7. The second-order valence-electron chi connectivity index (χ2n) is 5.80. The third kappa shape index (κ3) is 8.64. The van der Waals surface area contributed by atoms with Crippen LogP contribution in [0.5, 0.6) is 0 Å². The quantitative estimate of drug-likeness (QED) is 0.193. The van der Waals surface area contributed by atoms with E-state index in [1.807, 2.05) is 6.92 Å². The van der Waals surface area contributed by atoms with Crippen LogP contribution < -0.4 is 16.0 Å². The molecule has 12 heteroatoms. The van der Waals surface area contributed by atoms with E-state index in [1.54, 1.807) is 24.3 Å². The highest BCUT2D eigenvalue weighted by atomic mass is 127. The van der Waals surface area contributed by atoms with Crippen LogP contribution in [-0.4, -0.2) is 43.0 Å². The Morgan fingerprint density at radius 2 is 1.90 bits per heavy atom. The third-order valence-corrected chi connectivity index (χ3v) is 4.84. The number of alkyl halides is 3. The van der Waals surface area contributed by atoms with Gasteiger partial charge >= 0.3 is 6.18 Å². The topological polar surface area (TPSA) is 78.4 Å². The van der Waals surface area contributed by atoms with Crippen molar-refractivity contribution in [1.29, 1.82) is 0 Å². The van der Waals surface area contributed by atoms with Crippen molar-refractivity contribution in [1.82, 2.24) is 20.9 Å². The van der Waals surface area contributed by atoms with E-state index < -0.39 is 11.9 Å². The summed E-state index contributed by atoms with van der Waals surface area (Å²) in [4.78, 5) is 20.0. The van der Waals surface area contributed by atoms with Crippen molar-refractivity contribution in [2.45, 2.75) is 19.5 Å². The van der Waals surface area contributed by atoms with Gasteiger partial charge in [0.05, 0.1) is 15.6 Å². The molecule has 1 heterocycles. The number of halogens is 5. The maximum atomic E-state index is 12.6. The molecule has 2 aromatic rings. The Kier molecular flexibility index (Phi) is 11.4. The maximum Gasteiger partial charge on any atom is 0.434 e. The number of nitrogens with zero attached hydrogens (tertiary/aromatic N) is 2. The maximum absolute atomic E-state index is 12.6. The summed E-state index contributed by atoms with van der Waals surface area (Å²) in [6, 6.07) is 6.76. The second kappa shape index (κ2) is 13.0. The molecule has 1 aromatic heterocycles. The number of carbonyl (C=O) groups is 1. The van der Waals surface area contributed by atoms with Gasteiger partial charge in [0.1, 0.15) is 0 Å². The van der Waals surface area contributed by atoms with Gasteiger partial charge in [-0.15, -0.1) is 35.3 Å². The Hall–Kier alpha value is -1.60. The van der Waals surface area contributed by atoms with E-state index in [9.17, 15) is 18.0 Å². The number of guanidine groups is 1. The van der Waals surface area contributed by atoms with Gasteiger partial charge in [-0.25, -0.2) is 4.98 Å². The fourth-order valence-electron chi connectivity index (χ4n) is 2.26. The zero-order valence-corrected chi connectivity index (χ0v) is 20.0. The Morgan fingerprint density at radius 3 is 2.53 bits per heavy atom. The van der Waals surface area contributed by atoms with E-state index >= 15 is 0 Å². The largest absolute Gasteiger partial charge is 0.434 e. The van der Waals surface area contributed by atoms with Crippen LogP contribution in [0.2, 0.25) is 5.02 Å². The fourth-order valence-corrected chi connectivity index (χ4v) is 3.27. The number of carbonyl (C=O) groups excluding carboxylic acids is 1. The van der Waals surface area contributed by atoms with E-state index in [0.717, 1.165) is 16.7 Å². The van der Waals surface area contributed by atoms with Gasteiger partial charge in [-0.3, -0.25) is 9.79 Å². The van der Waals surface area contributed by atoms with Crippen LogP contribution in [0.25, 0.3) is 0 Å². The lowest BCUT2D eigenvalue weighted by Crippen LogP contribution is -2.41. The molecule has 3 N–H and O–H groups in total. The summed E-state index contributed by atoms with van der Waals surface area (Å²) in [5, 5.41) is 10.6. The number of nitrogens with one attached hydrogen (secondary N) is 3. The molecule has 1 aromatic carbocycles. The number of amides is 1. The van der Waals surface area contributed by atoms with Crippen LogP contribution >= 0.6 is 46.9 Å². The summed E-state index contributed by atoms with van der Waals surface area (Å²) in [6.45, 7) is 3.56. The minimum absolute atomic E-state index is 0. The van der Waals surface area contributed by atoms with Crippen molar-refractivity contribution in [3.05, 3.63) is 50.9 Å². The summed E-state index contributed by atoms with van der Waals surface area (Å²) in [7, 11) is 0. The molecule has 30 heavy (non-hydrogen) atoms. The van der Waals surface area contributed by atoms with E-state index in [-0.39, 0.29) is 36.4 Å². The van der Waals surface area contributed by atoms with Crippen molar-refractivity contribution in [3.8, 4) is 0 Å². The lowest BCUT2D eigenvalue weighted by Gasteiger charge is -2.12. The molecule has 0 saturated heterocycles. The molecular weight excluding hydrogens is 554 g/mol. The Balaban J connectivity index is 0.00000450. The first-order valence-electron chi connectivity index (χ1n) is 8.87. The Morgan fingerprint density at radius 1 is 1.20 bits per heavy atom. The lowest BCUT2D eigenvalue weighted by molar-refractivity contribution is -0.140. The average Bonchev–Trinajstić information content (AvgIpc) is 3.15. The monoisotopic (exact) mass is 575 g/mol. The van der Waals surface area contributed by atoms with Crippen molar-refractivity contribution in [2.24, 2.45) is 4.99 Å². The average molecular weight is 576 g/mol. The molecule has 0 aliphatic rings. The van der Waals surface area contributed by atoms with Gasteiger partial charge in [-0.2, -0.15) is 13.2 Å². The molecule has 0 aliphatic carbocycles. The number of hydrogen-bond donors (Lipinski definition) is 3. The van der Waals surface area contributed by atoms with E-state index in [0.29, 0.717) is 47.6 Å². The fraction of sp³-hybridized carbons (Fsp3) is 0.389. The molecule has 0 spiro atoms. The molecule has 0 bridgehead atoms. The molecule has 0 radical (unpaired) electrons. The summed E-state index contributed by atoms with van der Waals surface area (Å²) in [5.74, 6) is 0.232. The molecule has 0 fully saturated rings. The summed E-state index contributed by atoms with van der Waals surface area (Å²) in [6.07, 6.45) is -4.12. The van der Waals surface area contributed by atoms with Gasteiger partial charge in [0, 0.05) is 38.0 Å². The number of thiazole rings is 1. The Labute approximate surface area is 198 Å². The predicted octanol–water partition coefficient (Wildman–Crippen LogP) is 3.96. The van der Waals surface area contributed by atoms with Crippen LogP contribution in [0.4, 0.5) is 13.2 Å². The number of aromatic nitrogens is 1. The molecule has 0 atom stereocenters. The standard InChI is InChI=1S/C18H21ClF3N5OS.HI/c1-2-23-17(25-8-7-15-27-14(11-29-15)18(20,21)22)26-10-9-24-16(28)12-5-3-4-6-13(12)19;/h3-6,11H,2,7-10H2,1H3,(H,24,28)(H2,23,25,26);1H. The predicted molar refractivity (Wildman–Crippen MR) is 124 cm³/mol. The van der Waals surface area contributed by atoms with Crippen molar-refractivity contribution >= 4 is 58.8 Å².